The first-order valence-corrected chi connectivity index (χ1v) is 9.22. The number of hydrogen-bond donors (Lipinski definition) is 1. The van der Waals surface area contributed by atoms with Gasteiger partial charge in [0.1, 0.15) is 5.82 Å². The van der Waals surface area contributed by atoms with Crippen LogP contribution in [0, 0.1) is 5.82 Å². The minimum atomic E-state index is -0.550. The van der Waals surface area contributed by atoms with Gasteiger partial charge in [-0.25, -0.2) is 4.39 Å². The highest BCUT2D eigenvalue weighted by Gasteiger charge is 2.15. The van der Waals surface area contributed by atoms with Crippen LogP contribution >= 0.6 is 23.4 Å². The summed E-state index contributed by atoms with van der Waals surface area (Å²) in [7, 11) is 0. The number of halogens is 2. The Bertz CT molecular complexity index is 915. The third-order valence-electron chi connectivity index (χ3n) is 3.45. The molecular weight excluding hydrogens is 377 g/mol. The molecule has 3 rings (SSSR count). The summed E-state index contributed by atoms with van der Waals surface area (Å²) >= 11 is 7.64. The lowest BCUT2D eigenvalue weighted by Gasteiger charge is -2.03. The lowest BCUT2D eigenvalue weighted by atomic mass is 10.1. The molecule has 2 aromatic carbocycles. The molecule has 0 unspecified atom stereocenters. The van der Waals surface area contributed by atoms with Crippen LogP contribution in [0.3, 0.4) is 0 Å². The van der Waals surface area contributed by atoms with Crippen LogP contribution in [0.25, 0.3) is 0 Å². The van der Waals surface area contributed by atoms with Gasteiger partial charge in [0.2, 0.25) is 5.89 Å². The molecule has 0 aliphatic carbocycles. The highest BCUT2D eigenvalue weighted by Crippen LogP contribution is 2.21. The summed E-state index contributed by atoms with van der Waals surface area (Å²) in [5.41, 5.74) is 1.14. The summed E-state index contributed by atoms with van der Waals surface area (Å²) in [5, 5.41) is 10.2. The van der Waals surface area contributed by atoms with Crippen molar-refractivity contribution in [2.75, 3.05) is 11.1 Å². The number of benzene rings is 2. The average molecular weight is 392 g/mol. The Hall–Kier alpha value is -2.38. The number of anilines is 1. The lowest BCUT2D eigenvalue weighted by molar-refractivity contribution is 0.102. The van der Waals surface area contributed by atoms with E-state index in [1.165, 1.54) is 11.0 Å². The smallest absolute Gasteiger partial charge is 0.322 e. The Morgan fingerprint density at radius 2 is 2.00 bits per heavy atom. The molecule has 0 atom stereocenters. The summed E-state index contributed by atoms with van der Waals surface area (Å²) < 4.78 is 18.5. The first kappa shape index (κ1) is 18.4. The van der Waals surface area contributed by atoms with Gasteiger partial charge in [0.05, 0.1) is 17.0 Å². The molecule has 0 spiro atoms. The van der Waals surface area contributed by atoms with Gasteiger partial charge in [-0.3, -0.25) is 10.1 Å². The molecule has 0 radical (unpaired) electrons. The van der Waals surface area contributed by atoms with E-state index in [9.17, 15) is 9.18 Å². The molecule has 8 heteroatoms. The van der Waals surface area contributed by atoms with Crippen molar-refractivity contribution in [3.05, 3.63) is 70.3 Å². The van der Waals surface area contributed by atoms with E-state index in [1.807, 2.05) is 24.3 Å². The van der Waals surface area contributed by atoms with Crippen LogP contribution in [0.1, 0.15) is 28.7 Å². The van der Waals surface area contributed by atoms with Crippen molar-refractivity contribution in [3.63, 3.8) is 0 Å². The standard InChI is InChI=1S/C18H15ClFN3O2S/c1-2-26-13-6-3-11(4-7-13)9-16-22-23-18(25-16)21-17(24)14-8-5-12(20)10-15(14)19/h3-8,10H,2,9H2,1H3,(H,21,23,24). The Balaban J connectivity index is 1.65. The van der Waals surface area contributed by atoms with E-state index in [-0.39, 0.29) is 16.6 Å². The van der Waals surface area contributed by atoms with Gasteiger partial charge < -0.3 is 4.42 Å². The molecule has 0 aliphatic rings. The van der Waals surface area contributed by atoms with E-state index in [1.54, 1.807) is 11.8 Å². The average Bonchev–Trinajstić information content (AvgIpc) is 3.03. The molecule has 1 amide bonds. The molecule has 1 heterocycles. The van der Waals surface area contributed by atoms with Gasteiger partial charge in [-0.2, -0.15) is 0 Å². The molecule has 0 aliphatic heterocycles. The van der Waals surface area contributed by atoms with Crippen molar-refractivity contribution in [2.45, 2.75) is 18.2 Å². The summed E-state index contributed by atoms with van der Waals surface area (Å²) in [6.45, 7) is 2.10. The largest absolute Gasteiger partial charge is 0.407 e. The SMILES string of the molecule is CCSc1ccc(Cc2nnc(NC(=O)c3ccc(F)cc3Cl)o2)cc1. The number of carbonyl (C=O) groups is 1. The van der Waals surface area contributed by atoms with Crippen LogP contribution < -0.4 is 5.32 Å². The van der Waals surface area contributed by atoms with Crippen LogP contribution in [-0.2, 0) is 6.42 Å². The third-order valence-corrected chi connectivity index (χ3v) is 4.66. The molecule has 0 fully saturated rings. The summed E-state index contributed by atoms with van der Waals surface area (Å²) in [6.07, 6.45) is 0.456. The van der Waals surface area contributed by atoms with E-state index in [4.69, 9.17) is 16.0 Å². The normalized spacial score (nSPS) is 10.7. The van der Waals surface area contributed by atoms with E-state index in [2.05, 4.69) is 22.4 Å². The number of thioether (sulfide) groups is 1. The van der Waals surface area contributed by atoms with Crippen LogP contribution in [0.4, 0.5) is 10.4 Å². The van der Waals surface area contributed by atoms with E-state index >= 15 is 0 Å². The van der Waals surface area contributed by atoms with Crippen LogP contribution in [0.2, 0.25) is 5.02 Å². The molecule has 5 nitrogen and oxygen atoms in total. The van der Waals surface area contributed by atoms with Gasteiger partial charge in [-0.1, -0.05) is 35.8 Å². The summed E-state index contributed by atoms with van der Waals surface area (Å²) in [4.78, 5) is 13.4. The van der Waals surface area contributed by atoms with Crippen molar-refractivity contribution in [1.29, 1.82) is 0 Å². The molecule has 1 N–H and O–H groups in total. The molecular formula is C18H15ClFN3O2S. The van der Waals surface area contributed by atoms with E-state index < -0.39 is 11.7 Å². The molecule has 0 saturated heterocycles. The number of nitrogens with one attached hydrogen (secondary N) is 1. The van der Waals surface area contributed by atoms with Crippen molar-refractivity contribution >= 4 is 35.3 Å². The zero-order valence-corrected chi connectivity index (χ0v) is 15.4. The maximum absolute atomic E-state index is 13.1. The number of rotatable bonds is 6. The van der Waals surface area contributed by atoms with Crippen LogP contribution in [0.15, 0.2) is 51.8 Å². The van der Waals surface area contributed by atoms with Crippen molar-refractivity contribution in [2.24, 2.45) is 0 Å². The van der Waals surface area contributed by atoms with Gasteiger partial charge in [-0.15, -0.1) is 16.9 Å². The molecule has 26 heavy (non-hydrogen) atoms. The predicted molar refractivity (Wildman–Crippen MR) is 99.3 cm³/mol. The number of amides is 1. The second kappa shape index (κ2) is 8.33. The van der Waals surface area contributed by atoms with Gasteiger partial charge in [0.25, 0.3) is 5.91 Å². The van der Waals surface area contributed by atoms with Gasteiger partial charge >= 0.3 is 6.01 Å². The van der Waals surface area contributed by atoms with Gasteiger partial charge in [-0.05, 0) is 41.6 Å². The maximum atomic E-state index is 13.1. The first-order valence-electron chi connectivity index (χ1n) is 7.85. The Labute approximate surface area is 159 Å². The van der Waals surface area contributed by atoms with Crippen LogP contribution in [-0.4, -0.2) is 21.9 Å². The second-order valence-electron chi connectivity index (χ2n) is 5.33. The first-order chi connectivity index (χ1) is 12.5. The second-order valence-corrected chi connectivity index (χ2v) is 7.08. The molecule has 0 saturated carbocycles. The Morgan fingerprint density at radius 1 is 1.23 bits per heavy atom. The van der Waals surface area contributed by atoms with Crippen molar-refractivity contribution < 1.29 is 13.6 Å². The fourth-order valence-corrected chi connectivity index (χ4v) is 3.17. The van der Waals surface area contributed by atoms with E-state index in [0.717, 1.165) is 23.4 Å². The highest BCUT2D eigenvalue weighted by atomic mass is 35.5. The predicted octanol–water partition coefficient (Wildman–Crippen LogP) is 4.82. The molecule has 3 aromatic rings. The Morgan fingerprint density at radius 3 is 2.69 bits per heavy atom. The minimum Gasteiger partial charge on any atom is -0.407 e. The molecule has 134 valence electrons. The minimum absolute atomic E-state index is 0.00674. The van der Waals surface area contributed by atoms with E-state index in [0.29, 0.717) is 12.3 Å². The number of hydrogen-bond acceptors (Lipinski definition) is 5. The zero-order chi connectivity index (χ0) is 18.5. The fraction of sp³-hybridized carbons (Fsp3) is 0.167. The number of nitrogens with zero attached hydrogens (tertiary/aromatic N) is 2. The number of aromatic nitrogens is 2. The van der Waals surface area contributed by atoms with Gasteiger partial charge in [0, 0.05) is 4.90 Å². The van der Waals surface area contributed by atoms with Crippen LogP contribution in [0.5, 0.6) is 0 Å². The summed E-state index contributed by atoms with van der Waals surface area (Å²) in [6, 6.07) is 11.6. The molecule has 0 bridgehead atoms. The van der Waals surface area contributed by atoms with Crippen molar-refractivity contribution in [1.82, 2.24) is 10.2 Å². The fourth-order valence-electron chi connectivity index (χ4n) is 2.26. The highest BCUT2D eigenvalue weighted by molar-refractivity contribution is 7.99. The zero-order valence-electron chi connectivity index (χ0n) is 13.8. The number of carbonyl (C=O) groups excluding carboxylic acids is 1. The van der Waals surface area contributed by atoms with Crippen molar-refractivity contribution in [3.8, 4) is 0 Å². The quantitative estimate of drug-likeness (QED) is 0.610. The van der Waals surface area contributed by atoms with Gasteiger partial charge in [0.15, 0.2) is 0 Å². The topological polar surface area (TPSA) is 68.0 Å². The third kappa shape index (κ3) is 4.62. The lowest BCUT2D eigenvalue weighted by Crippen LogP contribution is -2.12. The molecule has 1 aromatic heterocycles. The maximum Gasteiger partial charge on any atom is 0.322 e. The monoisotopic (exact) mass is 391 g/mol. The summed E-state index contributed by atoms with van der Waals surface area (Å²) in [5.74, 6) is 0.326. The Kier molecular flexibility index (Phi) is 5.90.